The summed E-state index contributed by atoms with van der Waals surface area (Å²) in [4.78, 5) is 0. The predicted octanol–water partition coefficient (Wildman–Crippen LogP) is 9.96. The van der Waals surface area contributed by atoms with Crippen molar-refractivity contribution in [2.24, 2.45) is 5.92 Å². The standard InChI is InChI=1S/C30H26F10O3/c1-2-3-16-4-7-19(8-5-16)41-15-29(36,37)42-20-13-23(32)27(24(33)14-20)17-6-9-21(22(31)10-17)18-11-25(34)28(26(35)12-18)43-30(38,39)40/h6,9-14,16,19H,2-5,7-8,15H2,1H3. The van der Waals surface area contributed by atoms with E-state index >= 15 is 0 Å². The van der Waals surface area contributed by atoms with E-state index in [1.54, 1.807) is 0 Å². The molecule has 0 amide bonds. The van der Waals surface area contributed by atoms with Crippen LogP contribution in [0.25, 0.3) is 22.3 Å². The van der Waals surface area contributed by atoms with Gasteiger partial charge in [-0.2, -0.15) is 8.78 Å². The highest BCUT2D eigenvalue weighted by molar-refractivity contribution is 5.72. The summed E-state index contributed by atoms with van der Waals surface area (Å²) in [6, 6.07) is 4.19. The molecule has 1 fully saturated rings. The molecule has 3 aromatic carbocycles. The fraction of sp³-hybridized carbons (Fsp3) is 0.400. The Kier molecular flexibility index (Phi) is 9.83. The molecule has 3 nitrogen and oxygen atoms in total. The van der Waals surface area contributed by atoms with Crippen molar-refractivity contribution in [2.75, 3.05) is 6.61 Å². The van der Waals surface area contributed by atoms with Crippen molar-refractivity contribution in [3.63, 3.8) is 0 Å². The van der Waals surface area contributed by atoms with Gasteiger partial charge in [0.25, 0.3) is 0 Å². The molecule has 1 aliphatic rings. The molecule has 234 valence electrons. The van der Waals surface area contributed by atoms with Crippen LogP contribution in [0.2, 0.25) is 0 Å². The Hall–Kier alpha value is -3.48. The van der Waals surface area contributed by atoms with Crippen molar-refractivity contribution >= 4 is 0 Å². The topological polar surface area (TPSA) is 27.7 Å². The minimum absolute atomic E-state index is 0.379. The Morgan fingerprint density at radius 3 is 1.81 bits per heavy atom. The van der Waals surface area contributed by atoms with Crippen LogP contribution < -0.4 is 9.47 Å². The van der Waals surface area contributed by atoms with Crippen LogP contribution in [0.4, 0.5) is 43.9 Å². The van der Waals surface area contributed by atoms with E-state index in [2.05, 4.69) is 16.4 Å². The maximum atomic E-state index is 14.9. The van der Waals surface area contributed by atoms with Crippen LogP contribution in [0.3, 0.4) is 0 Å². The Morgan fingerprint density at radius 2 is 1.28 bits per heavy atom. The van der Waals surface area contributed by atoms with E-state index in [0.29, 0.717) is 49.1 Å². The molecule has 0 atom stereocenters. The molecule has 0 radical (unpaired) electrons. The lowest BCUT2D eigenvalue weighted by molar-refractivity contribution is -0.276. The second-order valence-electron chi connectivity index (χ2n) is 10.3. The normalized spacial score (nSPS) is 17.7. The highest BCUT2D eigenvalue weighted by atomic mass is 19.4. The summed E-state index contributed by atoms with van der Waals surface area (Å²) in [6.07, 6.45) is -4.60. The van der Waals surface area contributed by atoms with Crippen LogP contribution in [-0.4, -0.2) is 25.2 Å². The quantitative estimate of drug-likeness (QED) is 0.210. The van der Waals surface area contributed by atoms with Gasteiger partial charge in [0, 0.05) is 17.7 Å². The second kappa shape index (κ2) is 13.0. The van der Waals surface area contributed by atoms with E-state index in [9.17, 15) is 43.9 Å². The molecule has 0 saturated heterocycles. The number of hydrogen-bond donors (Lipinski definition) is 0. The average Bonchev–Trinajstić information content (AvgIpc) is 2.89. The summed E-state index contributed by atoms with van der Waals surface area (Å²) in [5.41, 5.74) is -2.27. The van der Waals surface area contributed by atoms with Crippen LogP contribution in [0.15, 0.2) is 42.5 Å². The molecule has 1 aliphatic carbocycles. The molecule has 0 N–H and O–H groups in total. The van der Waals surface area contributed by atoms with E-state index in [0.717, 1.165) is 37.8 Å². The molecule has 0 unspecified atom stereocenters. The van der Waals surface area contributed by atoms with E-state index < -0.39 is 81.9 Å². The maximum absolute atomic E-state index is 14.9. The van der Waals surface area contributed by atoms with Gasteiger partial charge in [0.1, 0.15) is 23.2 Å². The van der Waals surface area contributed by atoms with E-state index in [1.165, 1.54) is 0 Å². The Morgan fingerprint density at radius 1 is 0.698 bits per heavy atom. The van der Waals surface area contributed by atoms with Crippen molar-refractivity contribution in [2.45, 2.75) is 64.0 Å². The molecule has 43 heavy (non-hydrogen) atoms. The van der Waals surface area contributed by atoms with Crippen molar-refractivity contribution in [1.29, 1.82) is 0 Å². The van der Waals surface area contributed by atoms with Gasteiger partial charge in [-0.25, -0.2) is 22.0 Å². The van der Waals surface area contributed by atoms with Gasteiger partial charge in [-0.15, -0.1) is 13.2 Å². The highest BCUT2D eigenvalue weighted by Crippen LogP contribution is 2.37. The third-order valence-corrected chi connectivity index (χ3v) is 7.05. The third kappa shape index (κ3) is 8.33. The van der Waals surface area contributed by atoms with Gasteiger partial charge in [0.15, 0.2) is 18.2 Å². The summed E-state index contributed by atoms with van der Waals surface area (Å²) >= 11 is 0. The van der Waals surface area contributed by atoms with Crippen LogP contribution >= 0.6 is 0 Å². The van der Waals surface area contributed by atoms with E-state index in [1.807, 2.05) is 0 Å². The number of rotatable bonds is 10. The average molecular weight is 625 g/mol. The summed E-state index contributed by atoms with van der Waals surface area (Å²) in [6.45, 7) is 0.948. The zero-order chi connectivity index (χ0) is 31.5. The minimum Gasteiger partial charge on any atom is -0.431 e. The maximum Gasteiger partial charge on any atom is 0.573 e. The Bertz CT molecular complexity index is 1390. The van der Waals surface area contributed by atoms with Crippen LogP contribution in [0, 0.1) is 35.0 Å². The molecule has 4 rings (SSSR count). The molecule has 13 heteroatoms. The Labute approximate surface area is 240 Å². The van der Waals surface area contributed by atoms with Gasteiger partial charge in [-0.3, -0.25) is 0 Å². The van der Waals surface area contributed by atoms with Crippen LogP contribution in [0.5, 0.6) is 11.5 Å². The monoisotopic (exact) mass is 624 g/mol. The summed E-state index contributed by atoms with van der Waals surface area (Å²) in [7, 11) is 0. The highest BCUT2D eigenvalue weighted by Gasteiger charge is 2.36. The second-order valence-corrected chi connectivity index (χ2v) is 10.3. The van der Waals surface area contributed by atoms with Gasteiger partial charge in [-0.1, -0.05) is 31.9 Å². The molecular weight excluding hydrogens is 598 g/mol. The van der Waals surface area contributed by atoms with Crippen molar-refractivity contribution < 1.29 is 58.1 Å². The third-order valence-electron chi connectivity index (χ3n) is 7.05. The van der Waals surface area contributed by atoms with Crippen LogP contribution in [0.1, 0.15) is 45.4 Å². The lowest BCUT2D eigenvalue weighted by Gasteiger charge is -2.29. The van der Waals surface area contributed by atoms with Crippen LogP contribution in [-0.2, 0) is 4.74 Å². The lowest BCUT2D eigenvalue weighted by atomic mass is 9.85. The number of benzene rings is 3. The van der Waals surface area contributed by atoms with Gasteiger partial charge >= 0.3 is 12.5 Å². The largest absolute Gasteiger partial charge is 0.573 e. The van der Waals surface area contributed by atoms with E-state index in [-0.39, 0.29) is 6.10 Å². The fourth-order valence-electron chi connectivity index (χ4n) is 5.13. The first-order valence-electron chi connectivity index (χ1n) is 13.4. The Balaban J connectivity index is 1.47. The smallest absolute Gasteiger partial charge is 0.431 e. The first-order valence-corrected chi connectivity index (χ1v) is 13.4. The number of halogens is 10. The molecule has 1 saturated carbocycles. The van der Waals surface area contributed by atoms with Gasteiger partial charge in [0.2, 0.25) is 5.75 Å². The van der Waals surface area contributed by atoms with E-state index in [4.69, 9.17) is 4.74 Å². The minimum atomic E-state index is -5.39. The lowest BCUT2D eigenvalue weighted by Crippen LogP contribution is -2.34. The molecule has 0 heterocycles. The van der Waals surface area contributed by atoms with Crippen molar-refractivity contribution in [3.05, 3.63) is 71.6 Å². The van der Waals surface area contributed by atoms with Gasteiger partial charge in [-0.05, 0) is 60.9 Å². The number of hydrogen-bond acceptors (Lipinski definition) is 3. The van der Waals surface area contributed by atoms with Crippen molar-refractivity contribution in [3.8, 4) is 33.8 Å². The van der Waals surface area contributed by atoms with Crippen molar-refractivity contribution in [1.82, 2.24) is 0 Å². The van der Waals surface area contributed by atoms with Gasteiger partial charge < -0.3 is 14.2 Å². The SMILES string of the molecule is CCCC1CCC(OCC(F)(F)Oc2cc(F)c(-c3ccc(-c4cc(F)c(OC(F)(F)F)c(F)c4)c(F)c3)c(F)c2)CC1. The molecule has 0 aliphatic heterocycles. The summed E-state index contributed by atoms with van der Waals surface area (Å²) in [5.74, 6) is -9.59. The molecule has 0 spiro atoms. The molecule has 3 aromatic rings. The molecule has 0 aromatic heterocycles. The zero-order valence-corrected chi connectivity index (χ0v) is 22.7. The predicted molar refractivity (Wildman–Crippen MR) is 136 cm³/mol. The number of alkyl halides is 5. The zero-order valence-electron chi connectivity index (χ0n) is 22.7. The number of ether oxygens (including phenoxy) is 3. The van der Waals surface area contributed by atoms with Gasteiger partial charge in [0.05, 0.1) is 11.7 Å². The molecular formula is C30H26F10O3. The fourth-order valence-corrected chi connectivity index (χ4v) is 5.13. The first-order chi connectivity index (χ1) is 20.2. The summed E-state index contributed by atoms with van der Waals surface area (Å²) < 4.78 is 152. The molecule has 0 bridgehead atoms. The first kappa shape index (κ1) is 32.4. The summed E-state index contributed by atoms with van der Waals surface area (Å²) in [5, 5.41) is 0.